The molecule has 0 aromatic rings. The van der Waals surface area contributed by atoms with Crippen LogP contribution in [0.4, 0.5) is 0 Å². The van der Waals surface area contributed by atoms with Crippen molar-refractivity contribution >= 4 is 5.91 Å². The van der Waals surface area contributed by atoms with Gasteiger partial charge in [-0.15, -0.1) is 0 Å². The molecule has 73 heavy (non-hydrogen) atoms. The Bertz CT molecular complexity index is 1370. The first-order chi connectivity index (χ1) is 35.6. The standard InChI is InChI=1S/C59H109NO13/c1-3-5-7-9-11-13-15-16-17-18-19-20-21-22-23-24-25-26-27-28-29-30-31-33-34-36-38-40-42-48(63)47(60-51(64)43-41-39-37-35-32-14-12-10-8-6-4-2)46-70-58-56(69)54(67)57(50(45-62)72-58)73-59-55(68)53(66)52(65)49(44-61)71-59/h10,12,33-34,40,42,47-50,52-59,61-63,65-69H,3-9,11,13-32,35-39,41,43-46H2,1-2H3,(H,60,64)/b12-10-,34-33+,42-40+. The van der Waals surface area contributed by atoms with Crippen LogP contribution in [0.2, 0.25) is 0 Å². The second-order valence-electron chi connectivity index (χ2n) is 21.1. The molecule has 2 saturated heterocycles. The van der Waals surface area contributed by atoms with Crippen LogP contribution in [0.25, 0.3) is 0 Å². The minimum Gasteiger partial charge on any atom is -0.394 e. The molecule has 0 radical (unpaired) electrons. The lowest BCUT2D eigenvalue weighted by atomic mass is 9.97. The quantitative estimate of drug-likeness (QED) is 0.0205. The van der Waals surface area contributed by atoms with Gasteiger partial charge in [-0.3, -0.25) is 4.79 Å². The van der Waals surface area contributed by atoms with E-state index in [-0.39, 0.29) is 18.9 Å². The van der Waals surface area contributed by atoms with Crippen LogP contribution in [0, 0.1) is 0 Å². The highest BCUT2D eigenvalue weighted by molar-refractivity contribution is 5.76. The van der Waals surface area contributed by atoms with Gasteiger partial charge in [-0.2, -0.15) is 0 Å². The number of rotatable bonds is 47. The largest absolute Gasteiger partial charge is 0.394 e. The van der Waals surface area contributed by atoms with E-state index in [0.29, 0.717) is 12.8 Å². The summed E-state index contributed by atoms with van der Waals surface area (Å²) in [6.07, 6.45) is 37.9. The van der Waals surface area contributed by atoms with Crippen molar-refractivity contribution in [1.29, 1.82) is 0 Å². The van der Waals surface area contributed by atoms with Gasteiger partial charge in [0.2, 0.25) is 5.91 Å². The van der Waals surface area contributed by atoms with Crippen LogP contribution < -0.4 is 5.32 Å². The predicted octanol–water partition coefficient (Wildman–Crippen LogP) is 9.83. The van der Waals surface area contributed by atoms with Gasteiger partial charge in [-0.25, -0.2) is 0 Å². The highest BCUT2D eigenvalue weighted by Crippen LogP contribution is 2.30. The summed E-state index contributed by atoms with van der Waals surface area (Å²) in [5.74, 6) is -0.260. The fourth-order valence-corrected chi connectivity index (χ4v) is 9.70. The third kappa shape index (κ3) is 31.3. The molecule has 2 rings (SSSR count). The van der Waals surface area contributed by atoms with Crippen LogP contribution in [0.3, 0.4) is 0 Å². The molecule has 14 nitrogen and oxygen atoms in total. The van der Waals surface area contributed by atoms with E-state index >= 15 is 0 Å². The Morgan fingerprint density at radius 2 is 0.890 bits per heavy atom. The minimum atomic E-state index is -1.79. The third-order valence-corrected chi connectivity index (χ3v) is 14.5. The summed E-state index contributed by atoms with van der Waals surface area (Å²) in [5, 5.41) is 86.9. The average molecular weight is 1040 g/mol. The van der Waals surface area contributed by atoms with Gasteiger partial charge in [0.15, 0.2) is 12.6 Å². The van der Waals surface area contributed by atoms with E-state index in [0.717, 1.165) is 51.4 Å². The molecule has 0 aliphatic carbocycles. The smallest absolute Gasteiger partial charge is 0.220 e. The van der Waals surface area contributed by atoms with E-state index in [1.54, 1.807) is 6.08 Å². The molecule has 1 amide bonds. The van der Waals surface area contributed by atoms with E-state index in [4.69, 9.17) is 18.9 Å². The molecule has 0 bridgehead atoms. The maximum Gasteiger partial charge on any atom is 0.220 e. The van der Waals surface area contributed by atoms with Gasteiger partial charge in [-0.1, -0.05) is 217 Å². The van der Waals surface area contributed by atoms with E-state index in [1.807, 2.05) is 6.08 Å². The molecule has 12 unspecified atom stereocenters. The maximum absolute atomic E-state index is 13.2. The maximum atomic E-state index is 13.2. The molecule has 0 spiro atoms. The van der Waals surface area contributed by atoms with Crippen LogP contribution >= 0.6 is 0 Å². The predicted molar refractivity (Wildman–Crippen MR) is 291 cm³/mol. The van der Waals surface area contributed by atoms with Gasteiger partial charge in [0.1, 0.15) is 48.8 Å². The summed E-state index contributed by atoms with van der Waals surface area (Å²) >= 11 is 0. The number of hydrogen-bond acceptors (Lipinski definition) is 13. The zero-order valence-electron chi connectivity index (χ0n) is 45.9. The monoisotopic (exact) mass is 1040 g/mol. The van der Waals surface area contributed by atoms with Crippen molar-refractivity contribution in [2.75, 3.05) is 19.8 Å². The van der Waals surface area contributed by atoms with Gasteiger partial charge in [0.05, 0.1) is 32.0 Å². The van der Waals surface area contributed by atoms with Crippen molar-refractivity contribution in [3.63, 3.8) is 0 Å². The number of allylic oxidation sites excluding steroid dienone is 5. The molecule has 2 heterocycles. The third-order valence-electron chi connectivity index (χ3n) is 14.5. The number of nitrogens with one attached hydrogen (secondary N) is 1. The second-order valence-corrected chi connectivity index (χ2v) is 21.1. The number of aliphatic hydroxyl groups excluding tert-OH is 8. The number of amides is 1. The van der Waals surface area contributed by atoms with Crippen LogP contribution in [0.1, 0.15) is 239 Å². The number of unbranched alkanes of at least 4 members (excludes halogenated alkanes) is 30. The molecule has 12 atom stereocenters. The summed E-state index contributed by atoms with van der Waals surface area (Å²) in [4.78, 5) is 13.2. The normalized spacial score (nSPS) is 25.6. The molecule has 2 aliphatic rings. The summed E-state index contributed by atoms with van der Waals surface area (Å²) in [7, 11) is 0. The molecule has 2 aliphatic heterocycles. The molecule has 0 aromatic heterocycles. The summed E-state index contributed by atoms with van der Waals surface area (Å²) < 4.78 is 22.7. The molecule has 0 aromatic carbocycles. The average Bonchev–Trinajstić information content (AvgIpc) is 3.39. The Labute approximate surface area is 442 Å². The Balaban J connectivity index is 1.72. The first kappa shape index (κ1) is 67.3. The molecule has 428 valence electrons. The fourth-order valence-electron chi connectivity index (χ4n) is 9.70. The summed E-state index contributed by atoms with van der Waals surface area (Å²) in [6, 6.07) is -0.934. The molecule has 14 heteroatoms. The van der Waals surface area contributed by atoms with Crippen molar-refractivity contribution in [1.82, 2.24) is 5.32 Å². The number of aliphatic hydroxyl groups is 8. The van der Waals surface area contributed by atoms with Crippen LogP contribution in [0.15, 0.2) is 36.5 Å². The van der Waals surface area contributed by atoms with Crippen LogP contribution in [0.5, 0.6) is 0 Å². The van der Waals surface area contributed by atoms with Gasteiger partial charge >= 0.3 is 0 Å². The van der Waals surface area contributed by atoms with Gasteiger partial charge < -0.3 is 65.1 Å². The van der Waals surface area contributed by atoms with E-state index in [1.165, 1.54) is 154 Å². The Morgan fingerprint density at radius 3 is 1.38 bits per heavy atom. The molecular formula is C59H109NO13. The SMILES string of the molecule is CCCC/C=C\CCCCCCCC(=O)NC(COC1OC(CO)C(OC2OC(CO)C(O)C(O)C2O)C(O)C1O)C(O)/C=C/CC/C=C/CCCCCCCCCCCCCCCCCCCCCCCC. The van der Waals surface area contributed by atoms with Crippen molar-refractivity contribution in [3.8, 4) is 0 Å². The zero-order chi connectivity index (χ0) is 53.2. The van der Waals surface area contributed by atoms with Crippen LogP contribution in [-0.2, 0) is 23.7 Å². The lowest BCUT2D eigenvalue weighted by Crippen LogP contribution is -2.65. The second kappa shape index (κ2) is 45.3. The fraction of sp³-hybridized carbons (Fsp3) is 0.881. The molecule has 0 saturated carbocycles. The Morgan fingerprint density at radius 1 is 0.479 bits per heavy atom. The number of carbonyl (C=O) groups is 1. The first-order valence-corrected chi connectivity index (χ1v) is 29.7. The number of carbonyl (C=O) groups excluding carboxylic acids is 1. The topological polar surface area (TPSA) is 228 Å². The van der Waals surface area contributed by atoms with E-state index in [2.05, 4.69) is 43.5 Å². The highest BCUT2D eigenvalue weighted by Gasteiger charge is 2.51. The van der Waals surface area contributed by atoms with Crippen molar-refractivity contribution < 1.29 is 64.6 Å². The van der Waals surface area contributed by atoms with E-state index in [9.17, 15) is 45.6 Å². The number of hydrogen-bond donors (Lipinski definition) is 9. The van der Waals surface area contributed by atoms with Gasteiger partial charge in [0, 0.05) is 6.42 Å². The van der Waals surface area contributed by atoms with Crippen molar-refractivity contribution in [2.24, 2.45) is 0 Å². The van der Waals surface area contributed by atoms with Gasteiger partial charge in [-0.05, 0) is 51.4 Å². The van der Waals surface area contributed by atoms with E-state index < -0.39 is 86.8 Å². The van der Waals surface area contributed by atoms with Crippen molar-refractivity contribution in [3.05, 3.63) is 36.5 Å². The molecular weight excluding hydrogens is 931 g/mol. The zero-order valence-corrected chi connectivity index (χ0v) is 45.9. The highest BCUT2D eigenvalue weighted by atomic mass is 16.7. The summed E-state index contributed by atoms with van der Waals surface area (Å²) in [6.45, 7) is 2.74. The first-order valence-electron chi connectivity index (χ1n) is 29.7. The molecule has 9 N–H and O–H groups in total. The van der Waals surface area contributed by atoms with Crippen LogP contribution in [-0.4, -0.2) is 140 Å². The summed E-state index contributed by atoms with van der Waals surface area (Å²) in [5.41, 5.74) is 0. The van der Waals surface area contributed by atoms with Crippen molar-refractivity contribution in [2.45, 2.75) is 312 Å². The number of ether oxygens (including phenoxy) is 4. The van der Waals surface area contributed by atoms with Gasteiger partial charge in [0.25, 0.3) is 0 Å². The lowest BCUT2D eigenvalue weighted by Gasteiger charge is -2.46. The minimum absolute atomic E-state index is 0.260. The lowest BCUT2D eigenvalue weighted by molar-refractivity contribution is -0.359. The Hall–Kier alpha value is -1.79. The molecule has 2 fully saturated rings. The Kier molecular flexibility index (Phi) is 41.7.